The van der Waals surface area contributed by atoms with Gasteiger partial charge in [0.15, 0.2) is 0 Å². The maximum Gasteiger partial charge on any atom is 0.00417 e. The average Bonchev–Trinajstić information content (AvgIpc) is 2.14. The molecule has 1 atom stereocenters. The molecule has 0 aliphatic carbocycles. The fraction of sp³-hybridized carbons (Fsp3) is 0.714. The molecule has 0 aromatic carbocycles. The summed E-state index contributed by atoms with van der Waals surface area (Å²) >= 11 is 0. The average molecular weight is 111 g/mol. The number of rotatable bonds is 1. The van der Waals surface area contributed by atoms with Crippen molar-refractivity contribution in [3.63, 3.8) is 0 Å². The number of hydrogen-bond donors (Lipinski definition) is 0. The van der Waals surface area contributed by atoms with Gasteiger partial charge in [-0.3, -0.25) is 0 Å². The Kier molecular flexibility index (Phi) is 1.69. The number of nitrogens with zero attached hydrogens (tertiary/aromatic N) is 1. The summed E-state index contributed by atoms with van der Waals surface area (Å²) in [6, 6.07) is 0. The fourth-order valence-electron chi connectivity index (χ4n) is 1.16. The van der Waals surface area contributed by atoms with Gasteiger partial charge in [0.1, 0.15) is 0 Å². The molecule has 1 nitrogen and oxygen atoms in total. The van der Waals surface area contributed by atoms with Crippen LogP contribution in [0.15, 0.2) is 12.7 Å². The molecule has 1 fully saturated rings. The van der Waals surface area contributed by atoms with Crippen molar-refractivity contribution in [1.29, 1.82) is 0 Å². The molecule has 0 aromatic rings. The second-order valence-electron chi connectivity index (χ2n) is 2.55. The summed E-state index contributed by atoms with van der Waals surface area (Å²) in [5.41, 5.74) is 0. The van der Waals surface area contributed by atoms with Gasteiger partial charge in [-0.1, -0.05) is 6.08 Å². The molecular weight excluding hydrogens is 98.1 g/mol. The Balaban J connectivity index is 2.32. The van der Waals surface area contributed by atoms with Gasteiger partial charge in [-0.2, -0.15) is 0 Å². The van der Waals surface area contributed by atoms with Crippen LogP contribution in [-0.2, 0) is 0 Å². The molecule has 0 aromatic heterocycles. The van der Waals surface area contributed by atoms with E-state index >= 15 is 0 Å². The van der Waals surface area contributed by atoms with Crippen LogP contribution in [0.1, 0.15) is 6.42 Å². The predicted octanol–water partition coefficient (Wildman–Crippen LogP) is 1.12. The van der Waals surface area contributed by atoms with Crippen LogP contribution in [-0.4, -0.2) is 25.0 Å². The third-order valence-corrected chi connectivity index (χ3v) is 1.76. The van der Waals surface area contributed by atoms with Crippen LogP contribution < -0.4 is 0 Å². The van der Waals surface area contributed by atoms with Crippen LogP contribution in [0, 0.1) is 5.92 Å². The van der Waals surface area contributed by atoms with E-state index < -0.39 is 0 Å². The highest BCUT2D eigenvalue weighted by Crippen LogP contribution is 2.13. The van der Waals surface area contributed by atoms with E-state index in [1.165, 1.54) is 19.5 Å². The van der Waals surface area contributed by atoms with Gasteiger partial charge in [0.25, 0.3) is 0 Å². The third-order valence-electron chi connectivity index (χ3n) is 1.76. The minimum Gasteiger partial charge on any atom is -0.306 e. The van der Waals surface area contributed by atoms with Gasteiger partial charge >= 0.3 is 0 Å². The van der Waals surface area contributed by atoms with Gasteiger partial charge in [-0.15, -0.1) is 6.58 Å². The largest absolute Gasteiger partial charge is 0.306 e. The van der Waals surface area contributed by atoms with Crippen molar-refractivity contribution in [3.05, 3.63) is 12.7 Å². The molecule has 0 radical (unpaired) electrons. The summed E-state index contributed by atoms with van der Waals surface area (Å²) in [6.07, 6.45) is 3.36. The Labute approximate surface area is 51.0 Å². The Morgan fingerprint density at radius 2 is 2.50 bits per heavy atom. The lowest BCUT2D eigenvalue weighted by Crippen LogP contribution is -2.12. The van der Waals surface area contributed by atoms with Crippen LogP contribution in [0.2, 0.25) is 0 Å². The Bertz CT molecular complexity index is 88.4. The maximum absolute atomic E-state index is 3.75. The zero-order valence-electron chi connectivity index (χ0n) is 5.43. The topological polar surface area (TPSA) is 3.24 Å². The molecule has 1 rings (SSSR count). The summed E-state index contributed by atoms with van der Waals surface area (Å²) in [4.78, 5) is 2.34. The molecule has 0 amide bonds. The molecule has 8 heavy (non-hydrogen) atoms. The van der Waals surface area contributed by atoms with E-state index in [0.29, 0.717) is 0 Å². The lowest BCUT2D eigenvalue weighted by molar-refractivity contribution is 0.408. The van der Waals surface area contributed by atoms with E-state index in [2.05, 4.69) is 24.6 Å². The third kappa shape index (κ3) is 1.10. The van der Waals surface area contributed by atoms with Crippen LogP contribution >= 0.6 is 0 Å². The molecule has 0 bridgehead atoms. The van der Waals surface area contributed by atoms with Crippen LogP contribution in [0.5, 0.6) is 0 Å². The standard InChI is InChI=1S/C7H13N/c1-3-7-4-5-8(2)6-7/h3,7H,1,4-6H2,2H3/t7-/m0/s1. The molecule has 1 saturated heterocycles. The molecule has 1 heteroatoms. The summed E-state index contributed by atoms with van der Waals surface area (Å²) in [5.74, 6) is 0.764. The second kappa shape index (κ2) is 2.31. The van der Waals surface area contributed by atoms with E-state index in [4.69, 9.17) is 0 Å². The van der Waals surface area contributed by atoms with Gasteiger partial charge in [-0.05, 0) is 25.9 Å². The molecule has 1 aliphatic rings. The monoisotopic (exact) mass is 111 g/mol. The first kappa shape index (κ1) is 5.83. The van der Waals surface area contributed by atoms with E-state index in [1.807, 2.05) is 0 Å². The summed E-state index contributed by atoms with van der Waals surface area (Å²) in [6.45, 7) is 6.21. The quantitative estimate of drug-likeness (QED) is 0.458. The molecule has 46 valence electrons. The first-order valence-corrected chi connectivity index (χ1v) is 3.14. The van der Waals surface area contributed by atoms with Gasteiger partial charge in [-0.25, -0.2) is 0 Å². The smallest absolute Gasteiger partial charge is 0.00417 e. The highest BCUT2D eigenvalue weighted by atomic mass is 15.1. The van der Waals surface area contributed by atoms with Crippen molar-refractivity contribution in [2.45, 2.75) is 6.42 Å². The van der Waals surface area contributed by atoms with Crippen molar-refractivity contribution < 1.29 is 0 Å². The van der Waals surface area contributed by atoms with Gasteiger partial charge in [0, 0.05) is 6.54 Å². The molecule has 0 saturated carbocycles. The van der Waals surface area contributed by atoms with E-state index in [1.54, 1.807) is 0 Å². The SMILES string of the molecule is C=C[C@H]1CCN(C)C1. The molecule has 1 aliphatic heterocycles. The molecule has 0 N–H and O–H groups in total. The van der Waals surface area contributed by atoms with Gasteiger partial charge < -0.3 is 4.90 Å². The highest BCUT2D eigenvalue weighted by molar-refractivity contribution is 4.85. The van der Waals surface area contributed by atoms with Gasteiger partial charge in [0.2, 0.25) is 0 Å². The molecule has 0 unspecified atom stereocenters. The van der Waals surface area contributed by atoms with Crippen LogP contribution in [0.3, 0.4) is 0 Å². The van der Waals surface area contributed by atoms with Crippen molar-refractivity contribution in [2.24, 2.45) is 5.92 Å². The Morgan fingerprint density at radius 1 is 1.75 bits per heavy atom. The Hall–Kier alpha value is -0.300. The van der Waals surface area contributed by atoms with Crippen molar-refractivity contribution in [3.8, 4) is 0 Å². The van der Waals surface area contributed by atoms with Crippen LogP contribution in [0.25, 0.3) is 0 Å². The summed E-state index contributed by atoms with van der Waals surface area (Å²) < 4.78 is 0. The predicted molar refractivity (Wildman–Crippen MR) is 35.8 cm³/mol. The zero-order chi connectivity index (χ0) is 5.98. The maximum atomic E-state index is 3.75. The molecule has 0 spiro atoms. The van der Waals surface area contributed by atoms with E-state index in [0.717, 1.165) is 5.92 Å². The Morgan fingerprint density at radius 3 is 2.75 bits per heavy atom. The molecule has 1 heterocycles. The van der Waals surface area contributed by atoms with Crippen molar-refractivity contribution >= 4 is 0 Å². The first-order chi connectivity index (χ1) is 3.83. The normalized spacial score (nSPS) is 30.9. The molecular formula is C7H13N. The number of hydrogen-bond acceptors (Lipinski definition) is 1. The van der Waals surface area contributed by atoms with Crippen molar-refractivity contribution in [1.82, 2.24) is 4.90 Å². The van der Waals surface area contributed by atoms with E-state index in [-0.39, 0.29) is 0 Å². The summed E-state index contributed by atoms with van der Waals surface area (Å²) in [7, 11) is 2.16. The summed E-state index contributed by atoms with van der Waals surface area (Å²) in [5, 5.41) is 0. The minimum absolute atomic E-state index is 0.764. The van der Waals surface area contributed by atoms with Crippen LogP contribution in [0.4, 0.5) is 0 Å². The number of likely N-dealkylation sites (tertiary alicyclic amines) is 1. The lowest BCUT2D eigenvalue weighted by atomic mass is 10.1. The zero-order valence-corrected chi connectivity index (χ0v) is 5.43. The first-order valence-electron chi connectivity index (χ1n) is 3.14. The van der Waals surface area contributed by atoms with Crippen molar-refractivity contribution in [2.75, 3.05) is 20.1 Å². The fourth-order valence-corrected chi connectivity index (χ4v) is 1.16. The lowest BCUT2D eigenvalue weighted by Gasteiger charge is -2.04. The van der Waals surface area contributed by atoms with E-state index in [9.17, 15) is 0 Å². The van der Waals surface area contributed by atoms with Gasteiger partial charge in [0.05, 0.1) is 0 Å². The second-order valence-corrected chi connectivity index (χ2v) is 2.55. The minimum atomic E-state index is 0.764. The highest BCUT2D eigenvalue weighted by Gasteiger charge is 2.14.